The van der Waals surface area contributed by atoms with Gasteiger partial charge in [-0.3, -0.25) is 0 Å². The van der Waals surface area contributed by atoms with Gasteiger partial charge in [0.25, 0.3) is 0 Å². The van der Waals surface area contributed by atoms with E-state index in [9.17, 15) is 0 Å². The van der Waals surface area contributed by atoms with E-state index in [0.29, 0.717) is 18.3 Å². The number of carbonyl (C=O) groups is 1. The second-order valence-electron chi connectivity index (χ2n) is 8.45. The first kappa shape index (κ1) is 34.6. The highest BCUT2D eigenvalue weighted by atomic mass is 35.5. The van der Waals surface area contributed by atoms with Crippen molar-refractivity contribution >= 4 is 30.0 Å². The van der Waals surface area contributed by atoms with Gasteiger partial charge in [0.2, 0.25) is 5.89 Å². The van der Waals surface area contributed by atoms with E-state index >= 15 is 0 Å². The van der Waals surface area contributed by atoms with Gasteiger partial charge in [-0.25, -0.2) is 4.98 Å². The molecule has 1 N–H and O–H groups in total. The third-order valence-electron chi connectivity index (χ3n) is 5.98. The molecule has 0 amide bonds. The highest BCUT2D eigenvalue weighted by Crippen LogP contribution is 2.36. The lowest BCUT2D eigenvalue weighted by Gasteiger charge is -2.28. The third kappa shape index (κ3) is 9.77. The molecule has 0 aliphatic heterocycles. The number of nitrogens with zero attached hydrogens (tertiary/aromatic N) is 1. The Balaban J connectivity index is 0.00000201. The number of carbonyl (C=O) groups excluding carboxylic acids is 1. The van der Waals surface area contributed by atoms with Gasteiger partial charge in [0.1, 0.15) is 18.7 Å². The Labute approximate surface area is 234 Å². The van der Waals surface area contributed by atoms with Gasteiger partial charge in [-0.05, 0) is 61.1 Å². The quantitative estimate of drug-likeness (QED) is 0.157. The summed E-state index contributed by atoms with van der Waals surface area (Å²) in [6.07, 6.45) is 5.75. The van der Waals surface area contributed by atoms with E-state index in [0.717, 1.165) is 42.0 Å². The molecule has 37 heavy (non-hydrogen) atoms. The molecule has 0 atom stereocenters. The minimum atomic E-state index is -0.165. The van der Waals surface area contributed by atoms with Crippen LogP contribution in [0.5, 0.6) is 0 Å². The summed E-state index contributed by atoms with van der Waals surface area (Å²) in [6.45, 7) is 19.3. The Bertz CT molecular complexity index is 1030. The number of oxazole rings is 1. The molecule has 0 saturated carbocycles. The second kappa shape index (κ2) is 18.8. The van der Waals surface area contributed by atoms with Crippen LogP contribution in [0.3, 0.4) is 0 Å². The van der Waals surface area contributed by atoms with E-state index in [1.807, 2.05) is 27.7 Å². The second-order valence-corrected chi connectivity index (χ2v) is 9.24. The first-order valence-electron chi connectivity index (χ1n) is 12.8. The number of aromatic nitrogens is 1. The van der Waals surface area contributed by atoms with Gasteiger partial charge in [-0.1, -0.05) is 76.6 Å². The van der Waals surface area contributed by atoms with Crippen LogP contribution in [0.15, 0.2) is 60.2 Å². The summed E-state index contributed by atoms with van der Waals surface area (Å²) >= 11 is 12.6. The number of aryl methyl sites for hydroxylation is 1. The Morgan fingerprint density at radius 3 is 2.19 bits per heavy atom. The molecule has 3 rings (SSSR count). The number of unbranched alkanes of at least 4 members (excludes halogenated alkanes) is 1. The fraction of sp³-hybridized carbons (Fsp3) is 0.419. The molecular weight excluding hydrogens is 503 g/mol. The monoisotopic (exact) mass is 546 g/mol. The van der Waals surface area contributed by atoms with E-state index in [4.69, 9.17) is 32.4 Å². The molecule has 204 valence electrons. The van der Waals surface area contributed by atoms with E-state index in [1.54, 1.807) is 6.26 Å². The first-order chi connectivity index (χ1) is 17.9. The minimum Gasteiger partial charge on any atom is -0.447 e. The summed E-state index contributed by atoms with van der Waals surface area (Å²) in [5.74, 6) is 1.39. The zero-order valence-electron chi connectivity index (χ0n) is 23.4. The summed E-state index contributed by atoms with van der Waals surface area (Å²) in [7, 11) is 1.88. The van der Waals surface area contributed by atoms with Gasteiger partial charge in [-0.2, -0.15) is 0 Å². The number of hydrogen-bond donors (Lipinski definition) is 1. The average molecular weight is 548 g/mol. The summed E-state index contributed by atoms with van der Waals surface area (Å²) in [6, 6.07) is 13.1. The van der Waals surface area contributed by atoms with Crippen LogP contribution in [0.25, 0.3) is 11.3 Å². The molecule has 0 fully saturated rings. The minimum absolute atomic E-state index is 0.165. The lowest BCUT2D eigenvalue weighted by molar-refractivity contribution is -0.0979. The molecule has 0 aliphatic rings. The van der Waals surface area contributed by atoms with Crippen LogP contribution < -0.4 is 5.32 Å². The first-order valence-corrected chi connectivity index (χ1v) is 13.7. The van der Waals surface area contributed by atoms with Crippen LogP contribution in [-0.2, 0) is 29.6 Å². The van der Waals surface area contributed by atoms with Crippen LogP contribution in [0, 0.1) is 0 Å². The summed E-state index contributed by atoms with van der Waals surface area (Å²) in [4.78, 5) is 12.5. The Morgan fingerprint density at radius 1 is 1.03 bits per heavy atom. The van der Waals surface area contributed by atoms with E-state index in [1.165, 1.54) is 22.3 Å². The van der Waals surface area contributed by atoms with Crippen molar-refractivity contribution in [2.24, 2.45) is 0 Å². The van der Waals surface area contributed by atoms with Crippen LogP contribution in [0.4, 0.5) is 0 Å². The van der Waals surface area contributed by atoms with Gasteiger partial charge < -0.3 is 14.5 Å². The standard InChI is InChI=1S/C26H32Cl2N2O.C2H6.C2H4.CH2O/c1-5-18-14-21(15-23(28)22(18)8-6-7-13-27)26(2,3)20-11-9-19(10-12-20)24-17-31-25(30-24)16-29-4;3*1-2/h9-12,14-15,17,29H,5-8,13,16H2,1-4H3;1-2H3;1-2H2;1H2. The Morgan fingerprint density at radius 2 is 1.65 bits per heavy atom. The van der Waals surface area contributed by atoms with Crippen molar-refractivity contribution in [2.75, 3.05) is 12.9 Å². The number of benzene rings is 2. The van der Waals surface area contributed by atoms with Gasteiger partial charge in [0.05, 0.1) is 6.54 Å². The molecular formula is C31H44Cl2N2O2. The molecule has 6 heteroatoms. The molecule has 4 nitrogen and oxygen atoms in total. The zero-order valence-corrected chi connectivity index (χ0v) is 24.9. The highest BCUT2D eigenvalue weighted by Gasteiger charge is 2.25. The molecule has 0 radical (unpaired) electrons. The number of nitrogens with one attached hydrogen (secondary N) is 1. The van der Waals surface area contributed by atoms with Crippen molar-refractivity contribution in [3.8, 4) is 11.3 Å². The van der Waals surface area contributed by atoms with Gasteiger partial charge >= 0.3 is 0 Å². The smallest absolute Gasteiger partial charge is 0.208 e. The molecule has 1 aromatic heterocycles. The van der Waals surface area contributed by atoms with E-state index in [-0.39, 0.29) is 5.41 Å². The van der Waals surface area contributed by atoms with Crippen molar-refractivity contribution in [3.63, 3.8) is 0 Å². The summed E-state index contributed by atoms with van der Waals surface area (Å²) in [5.41, 5.74) is 6.82. The van der Waals surface area contributed by atoms with Crippen molar-refractivity contribution < 1.29 is 9.21 Å². The molecule has 0 saturated heterocycles. The predicted molar refractivity (Wildman–Crippen MR) is 161 cm³/mol. The largest absolute Gasteiger partial charge is 0.447 e. The van der Waals surface area contributed by atoms with Gasteiger partial charge in [-0.15, -0.1) is 24.8 Å². The van der Waals surface area contributed by atoms with Crippen LogP contribution in [0.2, 0.25) is 5.02 Å². The Kier molecular flexibility index (Phi) is 17.6. The average Bonchev–Trinajstić information content (AvgIpc) is 3.41. The van der Waals surface area contributed by atoms with Crippen LogP contribution >= 0.6 is 23.2 Å². The molecule has 0 unspecified atom stereocenters. The maximum Gasteiger partial charge on any atom is 0.208 e. The van der Waals surface area contributed by atoms with E-state index < -0.39 is 0 Å². The van der Waals surface area contributed by atoms with Crippen LogP contribution in [-0.4, -0.2) is 24.7 Å². The highest BCUT2D eigenvalue weighted by molar-refractivity contribution is 6.31. The molecule has 3 aromatic rings. The number of rotatable bonds is 10. The fourth-order valence-electron chi connectivity index (χ4n) is 3.95. The van der Waals surface area contributed by atoms with E-state index in [2.05, 4.69) is 80.6 Å². The summed E-state index contributed by atoms with van der Waals surface area (Å²) in [5, 5.41) is 3.92. The van der Waals surface area contributed by atoms with Gasteiger partial charge in [0, 0.05) is 21.9 Å². The number of halogens is 2. The fourth-order valence-corrected chi connectivity index (χ4v) is 4.47. The Hall–Kier alpha value is -2.40. The topological polar surface area (TPSA) is 55.1 Å². The molecule has 0 spiro atoms. The van der Waals surface area contributed by atoms with Crippen molar-refractivity contribution in [1.82, 2.24) is 10.3 Å². The maximum atomic E-state index is 8.00. The van der Waals surface area contributed by atoms with Crippen molar-refractivity contribution in [2.45, 2.75) is 72.3 Å². The molecule has 2 aromatic carbocycles. The number of alkyl halides is 1. The van der Waals surface area contributed by atoms with Crippen molar-refractivity contribution in [3.05, 3.63) is 89.0 Å². The SMILES string of the molecule is C=C.C=O.CC.CCc1cc(C(C)(C)c2ccc(-c3coc(CNC)n3)cc2)cc(Cl)c1CCCCCl. The maximum absolute atomic E-state index is 8.00. The zero-order chi connectivity index (χ0) is 28.4. The molecule has 0 aliphatic carbocycles. The van der Waals surface area contributed by atoms with Crippen molar-refractivity contribution in [1.29, 1.82) is 0 Å². The summed E-state index contributed by atoms with van der Waals surface area (Å²) < 4.78 is 5.52. The lowest BCUT2D eigenvalue weighted by atomic mass is 9.76. The lowest BCUT2D eigenvalue weighted by Crippen LogP contribution is -2.19. The predicted octanol–water partition coefficient (Wildman–Crippen LogP) is 8.81. The normalized spacial score (nSPS) is 10.3. The molecule has 0 bridgehead atoms. The van der Waals surface area contributed by atoms with Crippen LogP contribution in [0.1, 0.15) is 75.6 Å². The van der Waals surface area contributed by atoms with Gasteiger partial charge in [0.15, 0.2) is 0 Å². The number of hydrogen-bond acceptors (Lipinski definition) is 4. The molecule has 1 heterocycles. The third-order valence-corrected chi connectivity index (χ3v) is 6.59.